The number of amides is 4. The molecule has 1 spiro atoms. The quantitative estimate of drug-likeness (QED) is 0.796. The number of rotatable bonds is 3. The molecule has 0 aliphatic carbocycles. The maximum atomic E-state index is 12.7. The van der Waals surface area contributed by atoms with E-state index in [4.69, 9.17) is 0 Å². The molecule has 2 aliphatic rings. The predicted octanol–water partition coefficient (Wildman–Crippen LogP) is 0.746. The van der Waals surface area contributed by atoms with Crippen LogP contribution in [-0.4, -0.2) is 51.2 Å². The summed E-state index contributed by atoms with van der Waals surface area (Å²) < 4.78 is 1.73. The molecular weight excluding hydrogens is 334 g/mol. The molecule has 0 bridgehead atoms. The molecule has 2 aliphatic heterocycles. The number of nitrogens with zero attached hydrogens (tertiary/aromatic N) is 3. The van der Waals surface area contributed by atoms with E-state index in [1.807, 2.05) is 30.3 Å². The Morgan fingerprint density at radius 1 is 1.15 bits per heavy atom. The number of hydrogen-bond acceptors (Lipinski definition) is 4. The summed E-state index contributed by atoms with van der Waals surface area (Å²) in [6, 6.07) is 9.44. The molecule has 2 saturated heterocycles. The first-order valence-corrected chi connectivity index (χ1v) is 8.55. The number of hydrogen-bond donors (Lipinski definition) is 2. The molecule has 1 aromatic carbocycles. The van der Waals surface area contributed by atoms with Crippen molar-refractivity contribution in [2.24, 2.45) is 0 Å². The Hall–Kier alpha value is -3.16. The van der Waals surface area contributed by atoms with Crippen molar-refractivity contribution in [1.29, 1.82) is 0 Å². The van der Waals surface area contributed by atoms with Crippen LogP contribution >= 0.6 is 0 Å². The summed E-state index contributed by atoms with van der Waals surface area (Å²) in [6.07, 6.45) is 4.13. The second kappa shape index (κ2) is 6.29. The zero-order valence-electron chi connectivity index (χ0n) is 14.1. The third-order valence-corrected chi connectivity index (χ3v) is 4.99. The highest BCUT2D eigenvalue weighted by Crippen LogP contribution is 2.26. The molecule has 2 aromatic rings. The van der Waals surface area contributed by atoms with Crippen molar-refractivity contribution < 1.29 is 14.4 Å². The number of imide groups is 1. The van der Waals surface area contributed by atoms with E-state index in [1.165, 1.54) is 0 Å². The van der Waals surface area contributed by atoms with Crippen LogP contribution in [0.5, 0.6) is 0 Å². The van der Waals surface area contributed by atoms with E-state index in [2.05, 4.69) is 15.7 Å². The zero-order chi connectivity index (χ0) is 18.1. The maximum Gasteiger partial charge on any atom is 0.322 e. The third kappa shape index (κ3) is 2.94. The SMILES string of the molecule is O=C1NC(=O)C2(CCN(C(=O)c3cnn(Cc4ccccc4)c3)CC2)N1. The van der Waals surface area contributed by atoms with E-state index in [1.54, 1.807) is 22.0 Å². The topological polar surface area (TPSA) is 96.3 Å². The highest BCUT2D eigenvalue weighted by atomic mass is 16.2. The second-order valence-corrected chi connectivity index (χ2v) is 6.69. The number of piperidine rings is 1. The summed E-state index contributed by atoms with van der Waals surface area (Å²) in [5, 5.41) is 9.24. The van der Waals surface area contributed by atoms with Gasteiger partial charge in [0.25, 0.3) is 11.8 Å². The molecule has 0 unspecified atom stereocenters. The molecule has 0 radical (unpaired) electrons. The molecule has 0 atom stereocenters. The van der Waals surface area contributed by atoms with Gasteiger partial charge in [-0.1, -0.05) is 30.3 Å². The van der Waals surface area contributed by atoms with Gasteiger partial charge in [0.05, 0.1) is 18.3 Å². The van der Waals surface area contributed by atoms with E-state index >= 15 is 0 Å². The monoisotopic (exact) mass is 353 g/mol. The molecule has 4 rings (SSSR count). The molecule has 0 saturated carbocycles. The molecule has 2 fully saturated rings. The lowest BCUT2D eigenvalue weighted by Crippen LogP contribution is -2.55. The van der Waals surface area contributed by atoms with Crippen molar-refractivity contribution in [2.75, 3.05) is 13.1 Å². The van der Waals surface area contributed by atoms with Gasteiger partial charge in [0, 0.05) is 19.3 Å². The van der Waals surface area contributed by atoms with Gasteiger partial charge in [-0.05, 0) is 18.4 Å². The molecule has 134 valence electrons. The van der Waals surface area contributed by atoms with Crippen LogP contribution in [0, 0.1) is 0 Å². The Labute approximate surface area is 150 Å². The van der Waals surface area contributed by atoms with Crippen molar-refractivity contribution in [2.45, 2.75) is 24.9 Å². The van der Waals surface area contributed by atoms with Crippen molar-refractivity contribution in [3.8, 4) is 0 Å². The third-order valence-electron chi connectivity index (χ3n) is 4.99. The number of likely N-dealkylation sites (tertiary alicyclic amines) is 1. The predicted molar refractivity (Wildman–Crippen MR) is 92.3 cm³/mol. The maximum absolute atomic E-state index is 12.7. The van der Waals surface area contributed by atoms with E-state index in [9.17, 15) is 14.4 Å². The lowest BCUT2D eigenvalue weighted by Gasteiger charge is -2.36. The number of aromatic nitrogens is 2. The van der Waals surface area contributed by atoms with E-state index in [-0.39, 0.29) is 11.8 Å². The highest BCUT2D eigenvalue weighted by Gasteiger charge is 2.48. The fourth-order valence-electron chi connectivity index (χ4n) is 3.49. The summed E-state index contributed by atoms with van der Waals surface area (Å²) in [5.74, 6) is -0.408. The Kier molecular flexibility index (Phi) is 3.95. The van der Waals surface area contributed by atoms with Crippen molar-refractivity contribution in [3.63, 3.8) is 0 Å². The number of carbonyl (C=O) groups is 3. The summed E-state index contributed by atoms with van der Waals surface area (Å²) in [6.45, 7) is 1.43. The van der Waals surface area contributed by atoms with E-state index in [0.29, 0.717) is 38.0 Å². The molecular formula is C18H19N5O3. The summed E-state index contributed by atoms with van der Waals surface area (Å²) in [7, 11) is 0. The first-order valence-electron chi connectivity index (χ1n) is 8.55. The molecule has 4 amide bonds. The standard InChI is InChI=1S/C18H19N5O3/c24-15(14-10-19-23(12-14)11-13-4-2-1-3-5-13)22-8-6-18(7-9-22)16(25)20-17(26)21-18/h1-5,10,12H,6-9,11H2,(H2,20,21,25,26). The summed E-state index contributed by atoms with van der Waals surface area (Å²) >= 11 is 0. The van der Waals surface area contributed by atoms with Crippen LogP contribution in [0.3, 0.4) is 0 Å². The van der Waals surface area contributed by atoms with Crippen LogP contribution in [0.1, 0.15) is 28.8 Å². The normalized spacial score (nSPS) is 18.7. The molecule has 8 heteroatoms. The van der Waals surface area contributed by atoms with E-state index < -0.39 is 11.6 Å². The van der Waals surface area contributed by atoms with Gasteiger partial charge < -0.3 is 10.2 Å². The smallest absolute Gasteiger partial charge is 0.322 e. The Balaban J connectivity index is 1.40. The Morgan fingerprint density at radius 3 is 2.54 bits per heavy atom. The van der Waals surface area contributed by atoms with Gasteiger partial charge in [0.1, 0.15) is 5.54 Å². The van der Waals surface area contributed by atoms with Crippen LogP contribution in [-0.2, 0) is 11.3 Å². The van der Waals surface area contributed by atoms with Crippen molar-refractivity contribution in [1.82, 2.24) is 25.3 Å². The fourth-order valence-corrected chi connectivity index (χ4v) is 3.49. The molecule has 8 nitrogen and oxygen atoms in total. The van der Waals surface area contributed by atoms with Gasteiger partial charge in [-0.25, -0.2) is 4.79 Å². The van der Waals surface area contributed by atoms with Gasteiger partial charge in [0.15, 0.2) is 0 Å². The molecule has 1 aromatic heterocycles. The van der Waals surface area contributed by atoms with Crippen LogP contribution in [0.15, 0.2) is 42.7 Å². The zero-order valence-corrected chi connectivity index (χ0v) is 14.1. The summed E-state index contributed by atoms with van der Waals surface area (Å²) in [4.78, 5) is 37.8. The van der Waals surface area contributed by atoms with Crippen LogP contribution in [0.2, 0.25) is 0 Å². The number of carbonyl (C=O) groups excluding carboxylic acids is 3. The van der Waals surface area contributed by atoms with Gasteiger partial charge in [0.2, 0.25) is 0 Å². The van der Waals surface area contributed by atoms with E-state index in [0.717, 1.165) is 5.56 Å². The van der Waals surface area contributed by atoms with Crippen LogP contribution < -0.4 is 10.6 Å². The second-order valence-electron chi connectivity index (χ2n) is 6.69. The Morgan fingerprint density at radius 2 is 1.88 bits per heavy atom. The van der Waals surface area contributed by atoms with Crippen molar-refractivity contribution in [3.05, 3.63) is 53.9 Å². The largest absolute Gasteiger partial charge is 0.338 e. The van der Waals surface area contributed by atoms with Crippen LogP contribution in [0.4, 0.5) is 4.79 Å². The number of urea groups is 1. The fraction of sp³-hybridized carbons (Fsp3) is 0.333. The average Bonchev–Trinajstić information content (AvgIpc) is 3.21. The van der Waals surface area contributed by atoms with Gasteiger partial charge in [-0.15, -0.1) is 0 Å². The first kappa shape index (κ1) is 16.3. The summed E-state index contributed by atoms with van der Waals surface area (Å²) in [5.41, 5.74) is 0.764. The van der Waals surface area contributed by atoms with Crippen LogP contribution in [0.25, 0.3) is 0 Å². The minimum Gasteiger partial charge on any atom is -0.338 e. The molecule has 3 heterocycles. The Bertz CT molecular complexity index is 853. The number of nitrogens with one attached hydrogen (secondary N) is 2. The first-order chi connectivity index (χ1) is 12.6. The number of benzene rings is 1. The lowest BCUT2D eigenvalue weighted by atomic mass is 9.87. The molecule has 2 N–H and O–H groups in total. The minimum absolute atomic E-state index is 0.108. The average molecular weight is 353 g/mol. The van der Waals surface area contributed by atoms with Gasteiger partial charge in [-0.2, -0.15) is 5.10 Å². The highest BCUT2D eigenvalue weighted by molar-refractivity contribution is 6.07. The molecule has 26 heavy (non-hydrogen) atoms. The van der Waals surface area contributed by atoms with Crippen molar-refractivity contribution >= 4 is 17.8 Å². The van der Waals surface area contributed by atoms with Gasteiger partial charge in [-0.3, -0.25) is 19.6 Å². The lowest BCUT2D eigenvalue weighted by molar-refractivity contribution is -0.125. The minimum atomic E-state index is -0.870. The van der Waals surface area contributed by atoms with Gasteiger partial charge >= 0.3 is 6.03 Å².